The summed E-state index contributed by atoms with van der Waals surface area (Å²) in [7, 11) is -0.748. The number of methoxy groups -OCH3 is 1. The fourth-order valence-electron chi connectivity index (χ4n) is 5.13. The number of hydrogen-bond acceptors (Lipinski definition) is 6. The molecule has 0 spiro atoms. The molecule has 34 heavy (non-hydrogen) atoms. The van der Waals surface area contributed by atoms with Crippen molar-refractivity contribution < 1.29 is 17.9 Å². The van der Waals surface area contributed by atoms with Gasteiger partial charge >= 0.3 is 0 Å². The fourth-order valence-corrected chi connectivity index (χ4v) is 6.95. The summed E-state index contributed by atoms with van der Waals surface area (Å²) in [5.74, 6) is 0.425. The van der Waals surface area contributed by atoms with E-state index in [9.17, 15) is 13.2 Å². The minimum atomic E-state index is -4.02. The summed E-state index contributed by atoms with van der Waals surface area (Å²) in [6.07, 6.45) is 5.04. The van der Waals surface area contributed by atoms with Crippen LogP contribution in [0.3, 0.4) is 0 Å². The normalized spacial score (nSPS) is 17.8. The lowest BCUT2D eigenvalue weighted by molar-refractivity contribution is -0.131. The lowest BCUT2D eigenvalue weighted by Gasteiger charge is -2.38. The first kappa shape index (κ1) is 24.5. The van der Waals surface area contributed by atoms with Crippen molar-refractivity contribution in [2.75, 3.05) is 44.1 Å². The second-order valence-electron chi connectivity index (χ2n) is 9.19. The molecule has 1 amide bonds. The lowest BCUT2D eigenvalue weighted by atomic mass is 10.2. The average molecular weight is 490 g/mol. The van der Waals surface area contributed by atoms with Crippen molar-refractivity contribution in [1.82, 2.24) is 19.6 Å². The maximum Gasteiger partial charge on any atom is 0.268 e. The van der Waals surface area contributed by atoms with Crippen molar-refractivity contribution in [3.05, 3.63) is 35.7 Å². The molecule has 1 aromatic heterocycles. The van der Waals surface area contributed by atoms with Crippen LogP contribution in [-0.4, -0.2) is 79.8 Å². The zero-order valence-corrected chi connectivity index (χ0v) is 21.3. The number of hydrogen-bond donors (Lipinski definition) is 0. The minimum Gasteiger partial charge on any atom is -0.497 e. The molecule has 10 heteroatoms. The van der Waals surface area contributed by atoms with E-state index >= 15 is 0 Å². The zero-order chi connectivity index (χ0) is 24.5. The van der Waals surface area contributed by atoms with Crippen LogP contribution in [0.5, 0.6) is 5.75 Å². The number of aromatic nitrogens is 2. The molecule has 1 aliphatic heterocycles. The molecule has 9 nitrogen and oxygen atoms in total. The summed E-state index contributed by atoms with van der Waals surface area (Å²) < 4.78 is 35.7. The number of anilines is 1. The fraction of sp³-hybridized carbons (Fsp3) is 0.583. The smallest absolute Gasteiger partial charge is 0.268 e. The molecule has 1 saturated carbocycles. The highest BCUT2D eigenvalue weighted by Gasteiger charge is 2.34. The largest absolute Gasteiger partial charge is 0.497 e. The molecule has 0 radical (unpaired) electrons. The first-order chi connectivity index (χ1) is 16.2. The van der Waals surface area contributed by atoms with Gasteiger partial charge in [0, 0.05) is 39.3 Å². The Labute approximate surface area is 202 Å². The van der Waals surface area contributed by atoms with Gasteiger partial charge in [-0.05, 0) is 51.0 Å². The predicted octanol–water partition coefficient (Wildman–Crippen LogP) is 2.33. The lowest BCUT2D eigenvalue weighted by Crippen LogP contribution is -2.53. The van der Waals surface area contributed by atoms with Crippen LogP contribution in [0, 0.1) is 13.8 Å². The van der Waals surface area contributed by atoms with Gasteiger partial charge in [-0.25, -0.2) is 8.42 Å². The number of rotatable bonds is 7. The molecule has 0 atom stereocenters. The van der Waals surface area contributed by atoms with E-state index in [-0.39, 0.29) is 17.3 Å². The van der Waals surface area contributed by atoms with Crippen LogP contribution in [0.2, 0.25) is 0 Å². The number of sulfonamides is 1. The van der Waals surface area contributed by atoms with Gasteiger partial charge in [0.05, 0.1) is 24.2 Å². The van der Waals surface area contributed by atoms with Crippen molar-refractivity contribution in [1.29, 1.82) is 0 Å². The predicted molar refractivity (Wildman–Crippen MR) is 131 cm³/mol. The molecule has 0 N–H and O–H groups in total. The molecule has 1 saturated heterocycles. The van der Waals surface area contributed by atoms with Crippen molar-refractivity contribution in [2.45, 2.75) is 50.5 Å². The highest BCUT2D eigenvalue weighted by Crippen LogP contribution is 2.29. The Kier molecular flexibility index (Phi) is 7.18. The Balaban J connectivity index is 1.58. The number of piperazine rings is 1. The molecule has 4 rings (SSSR count). The maximum atomic E-state index is 13.8. The average Bonchev–Trinajstić information content (AvgIpc) is 3.45. The zero-order valence-electron chi connectivity index (χ0n) is 20.5. The van der Waals surface area contributed by atoms with Gasteiger partial charge in [0.2, 0.25) is 5.91 Å². The summed E-state index contributed by atoms with van der Waals surface area (Å²) >= 11 is 0. The molecule has 2 heterocycles. The Morgan fingerprint density at radius 1 is 1.09 bits per heavy atom. The van der Waals surface area contributed by atoms with E-state index in [1.54, 1.807) is 61.9 Å². The number of aryl methyl sites for hydroxylation is 2. The molecule has 2 aliphatic rings. The second kappa shape index (κ2) is 9.95. The monoisotopic (exact) mass is 489 g/mol. The number of ether oxygens (including phenoxy) is 1. The number of amides is 1. The third-order valence-electron chi connectivity index (χ3n) is 7.14. The van der Waals surface area contributed by atoms with Crippen LogP contribution in [0.1, 0.15) is 37.1 Å². The van der Waals surface area contributed by atoms with Gasteiger partial charge in [0.15, 0.2) is 0 Å². The Bertz CT molecular complexity index is 1110. The van der Waals surface area contributed by atoms with Gasteiger partial charge in [-0.1, -0.05) is 12.8 Å². The molecule has 1 aliphatic carbocycles. The summed E-state index contributed by atoms with van der Waals surface area (Å²) in [5, 5.41) is 4.29. The Morgan fingerprint density at radius 3 is 2.24 bits per heavy atom. The van der Waals surface area contributed by atoms with Gasteiger partial charge in [-0.15, -0.1) is 0 Å². The number of nitrogens with zero attached hydrogens (tertiary/aromatic N) is 5. The van der Waals surface area contributed by atoms with Gasteiger partial charge in [-0.3, -0.25) is 18.7 Å². The maximum absolute atomic E-state index is 13.8. The Morgan fingerprint density at radius 2 is 1.71 bits per heavy atom. The number of carbonyl (C=O) groups is 1. The SMILES string of the molecule is COc1ccc(N(CC(=O)N2CCN(C3CCCC3)CC2)S(=O)(=O)c2c(C)nn(C)c2C)cc1. The molecular formula is C24H35N5O4S. The second-order valence-corrected chi connectivity index (χ2v) is 11.0. The number of carbonyl (C=O) groups excluding carboxylic acids is 1. The molecule has 1 aromatic carbocycles. The highest BCUT2D eigenvalue weighted by molar-refractivity contribution is 7.93. The quantitative estimate of drug-likeness (QED) is 0.593. The van der Waals surface area contributed by atoms with Crippen molar-refractivity contribution in [3.8, 4) is 5.75 Å². The molecule has 186 valence electrons. The molecule has 2 fully saturated rings. The standard InChI is InChI=1S/C24H35N5O4S/c1-18-24(19(2)26(3)25-18)34(31,32)29(21-9-11-22(33-4)12-10-21)17-23(30)28-15-13-27(14-16-28)20-7-5-6-8-20/h9-12,20H,5-8,13-17H2,1-4H3. The third-order valence-corrected chi connectivity index (χ3v) is 9.16. The third kappa shape index (κ3) is 4.79. The van der Waals surface area contributed by atoms with E-state index in [2.05, 4.69) is 10.00 Å². The van der Waals surface area contributed by atoms with Crippen molar-refractivity contribution in [3.63, 3.8) is 0 Å². The van der Waals surface area contributed by atoms with Gasteiger partial charge in [0.1, 0.15) is 17.2 Å². The van der Waals surface area contributed by atoms with Crippen LogP contribution < -0.4 is 9.04 Å². The summed E-state index contributed by atoms with van der Waals surface area (Å²) in [6.45, 7) is 6.07. The first-order valence-corrected chi connectivity index (χ1v) is 13.3. The first-order valence-electron chi connectivity index (χ1n) is 11.9. The van der Waals surface area contributed by atoms with E-state index in [0.29, 0.717) is 42.0 Å². The van der Waals surface area contributed by atoms with Gasteiger partial charge < -0.3 is 9.64 Å². The highest BCUT2D eigenvalue weighted by atomic mass is 32.2. The van der Waals surface area contributed by atoms with Crippen molar-refractivity contribution in [2.24, 2.45) is 7.05 Å². The molecule has 0 bridgehead atoms. The minimum absolute atomic E-state index is 0.143. The van der Waals surface area contributed by atoms with Gasteiger partial charge in [0.25, 0.3) is 10.0 Å². The van der Waals surface area contributed by atoms with Crippen molar-refractivity contribution >= 4 is 21.6 Å². The molecular weight excluding hydrogens is 454 g/mol. The van der Waals surface area contributed by atoms with E-state index in [0.717, 1.165) is 13.1 Å². The van der Waals surface area contributed by atoms with Crippen LogP contribution >= 0.6 is 0 Å². The molecule has 2 aromatic rings. The van der Waals surface area contributed by atoms with E-state index in [4.69, 9.17) is 4.74 Å². The van der Waals surface area contributed by atoms with Crippen LogP contribution in [0.15, 0.2) is 29.2 Å². The van der Waals surface area contributed by atoms with Crippen LogP contribution in [-0.2, 0) is 21.9 Å². The van der Waals surface area contributed by atoms with Crippen LogP contribution in [0.4, 0.5) is 5.69 Å². The Hall–Kier alpha value is -2.59. The van der Waals surface area contributed by atoms with E-state index < -0.39 is 10.0 Å². The molecule has 0 unspecified atom stereocenters. The van der Waals surface area contributed by atoms with E-state index in [1.165, 1.54) is 30.0 Å². The van der Waals surface area contributed by atoms with E-state index in [1.807, 2.05) is 0 Å². The summed E-state index contributed by atoms with van der Waals surface area (Å²) in [5.41, 5.74) is 1.37. The van der Waals surface area contributed by atoms with Gasteiger partial charge in [-0.2, -0.15) is 5.10 Å². The number of benzene rings is 1. The summed E-state index contributed by atoms with van der Waals surface area (Å²) in [6, 6.07) is 7.37. The summed E-state index contributed by atoms with van der Waals surface area (Å²) in [4.78, 5) is 17.8. The van der Waals surface area contributed by atoms with Crippen LogP contribution in [0.25, 0.3) is 0 Å². The topological polar surface area (TPSA) is 88.0 Å².